The summed E-state index contributed by atoms with van der Waals surface area (Å²) in [6.45, 7) is 1.99. The van der Waals surface area contributed by atoms with Gasteiger partial charge in [0.05, 0.1) is 26.6 Å². The molecule has 260 valence electrons. The standard InChI is InChI=1S/C41H39N3O6S/c1-5-37(41(47)44(31-17-11-7-12-18-31)32-19-13-8-14-20-32)51-33-23-21-30(22-24-33)42-40(46)34(43-39(45)29-15-9-6-10-16-29)25-28-26-35(48-2)38(50-4)36(27-28)49-3/h6-27,37H,5H2,1-4H3,(H,42,46)(H,43,45)/b34-25-. The van der Waals surface area contributed by atoms with Crippen LogP contribution in [-0.2, 0) is 9.59 Å². The van der Waals surface area contributed by atoms with E-state index >= 15 is 0 Å². The number of nitrogens with zero attached hydrogens (tertiary/aromatic N) is 1. The predicted octanol–water partition coefficient (Wildman–Crippen LogP) is 8.36. The number of carbonyl (C=O) groups is 3. The second-order valence-electron chi connectivity index (χ2n) is 11.2. The van der Waals surface area contributed by atoms with E-state index < -0.39 is 11.8 Å². The Kier molecular flexibility index (Phi) is 12.5. The molecule has 0 fully saturated rings. The van der Waals surface area contributed by atoms with Crippen molar-refractivity contribution >= 4 is 52.6 Å². The van der Waals surface area contributed by atoms with Gasteiger partial charge in [-0.25, -0.2) is 0 Å². The van der Waals surface area contributed by atoms with Gasteiger partial charge in [0, 0.05) is 27.5 Å². The summed E-state index contributed by atoms with van der Waals surface area (Å²) in [5.74, 6) is 0.153. The summed E-state index contributed by atoms with van der Waals surface area (Å²) in [6, 6.07) is 38.4. The molecule has 0 aliphatic rings. The smallest absolute Gasteiger partial charge is 0.272 e. The maximum absolute atomic E-state index is 14.0. The zero-order valence-electron chi connectivity index (χ0n) is 28.8. The molecule has 0 heterocycles. The Morgan fingerprint density at radius 2 is 1.25 bits per heavy atom. The van der Waals surface area contributed by atoms with Gasteiger partial charge >= 0.3 is 0 Å². The zero-order chi connectivity index (χ0) is 36.2. The van der Waals surface area contributed by atoms with Crippen LogP contribution in [-0.4, -0.2) is 44.3 Å². The van der Waals surface area contributed by atoms with Crippen molar-refractivity contribution in [1.82, 2.24) is 5.32 Å². The largest absolute Gasteiger partial charge is 0.493 e. The number of nitrogens with one attached hydrogen (secondary N) is 2. The average Bonchev–Trinajstić information content (AvgIpc) is 3.18. The van der Waals surface area contributed by atoms with E-state index in [2.05, 4.69) is 10.6 Å². The summed E-state index contributed by atoms with van der Waals surface area (Å²) in [5.41, 5.74) is 3.01. The van der Waals surface area contributed by atoms with Gasteiger partial charge in [-0.3, -0.25) is 19.3 Å². The van der Waals surface area contributed by atoms with E-state index in [-0.39, 0.29) is 16.9 Å². The van der Waals surface area contributed by atoms with Gasteiger partial charge in [0.2, 0.25) is 11.7 Å². The molecule has 1 unspecified atom stereocenters. The predicted molar refractivity (Wildman–Crippen MR) is 203 cm³/mol. The molecule has 0 saturated carbocycles. The number of carbonyl (C=O) groups excluding carboxylic acids is 3. The van der Waals surface area contributed by atoms with E-state index in [1.807, 2.05) is 79.7 Å². The van der Waals surface area contributed by atoms with Gasteiger partial charge in [-0.2, -0.15) is 0 Å². The van der Waals surface area contributed by atoms with Crippen LogP contribution in [0.2, 0.25) is 0 Å². The highest BCUT2D eigenvalue weighted by Gasteiger charge is 2.27. The van der Waals surface area contributed by atoms with E-state index in [1.165, 1.54) is 39.2 Å². The van der Waals surface area contributed by atoms with Crippen molar-refractivity contribution in [2.24, 2.45) is 0 Å². The maximum Gasteiger partial charge on any atom is 0.272 e. The van der Waals surface area contributed by atoms with Crippen molar-refractivity contribution < 1.29 is 28.6 Å². The number of hydrogen-bond acceptors (Lipinski definition) is 7. The molecule has 3 amide bonds. The van der Waals surface area contributed by atoms with E-state index in [4.69, 9.17) is 14.2 Å². The van der Waals surface area contributed by atoms with Gasteiger partial charge in [0.15, 0.2) is 11.5 Å². The number of amides is 3. The fourth-order valence-electron chi connectivity index (χ4n) is 5.28. The third kappa shape index (κ3) is 9.17. The number of rotatable bonds is 14. The van der Waals surface area contributed by atoms with Crippen molar-refractivity contribution in [3.63, 3.8) is 0 Å². The van der Waals surface area contributed by atoms with Gasteiger partial charge in [-0.15, -0.1) is 11.8 Å². The molecular formula is C41H39N3O6S. The van der Waals surface area contributed by atoms with E-state index in [9.17, 15) is 14.4 Å². The zero-order valence-corrected chi connectivity index (χ0v) is 29.6. The molecule has 0 spiro atoms. The van der Waals surface area contributed by atoms with Crippen molar-refractivity contribution in [3.05, 3.63) is 144 Å². The van der Waals surface area contributed by atoms with Crippen LogP contribution in [0, 0.1) is 0 Å². The summed E-state index contributed by atoms with van der Waals surface area (Å²) in [5, 5.41) is 5.27. The third-order valence-corrected chi connectivity index (χ3v) is 9.18. The monoisotopic (exact) mass is 701 g/mol. The van der Waals surface area contributed by atoms with Crippen LogP contribution in [0.3, 0.4) is 0 Å². The highest BCUT2D eigenvalue weighted by molar-refractivity contribution is 8.00. The lowest BCUT2D eigenvalue weighted by Gasteiger charge is -2.27. The minimum absolute atomic E-state index is 0.00450. The number of thioether (sulfide) groups is 1. The molecule has 2 N–H and O–H groups in total. The molecule has 0 aliphatic heterocycles. The highest BCUT2D eigenvalue weighted by Crippen LogP contribution is 2.39. The molecule has 5 aromatic carbocycles. The fourth-order valence-corrected chi connectivity index (χ4v) is 6.28. The molecule has 1 atom stereocenters. The third-order valence-electron chi connectivity index (χ3n) is 7.81. The minimum atomic E-state index is -0.545. The van der Waals surface area contributed by atoms with Gasteiger partial charge in [0.1, 0.15) is 5.70 Å². The molecule has 0 aromatic heterocycles. The first kappa shape index (κ1) is 36.3. The molecule has 10 heteroatoms. The van der Waals surface area contributed by atoms with E-state index in [0.29, 0.717) is 40.5 Å². The van der Waals surface area contributed by atoms with Crippen molar-refractivity contribution in [1.29, 1.82) is 0 Å². The SMILES string of the molecule is CCC(Sc1ccc(NC(=O)/C(=C/c2cc(OC)c(OC)c(OC)c2)NC(=O)c2ccccc2)cc1)C(=O)N(c1ccccc1)c1ccccc1. The Morgan fingerprint density at radius 1 is 0.725 bits per heavy atom. The molecule has 5 aromatic rings. The van der Waals surface area contributed by atoms with Crippen LogP contribution in [0.15, 0.2) is 138 Å². The Hall–Kier alpha value is -6.00. The summed E-state index contributed by atoms with van der Waals surface area (Å²) < 4.78 is 16.4. The Balaban J connectivity index is 1.37. The summed E-state index contributed by atoms with van der Waals surface area (Å²) >= 11 is 1.46. The van der Waals surface area contributed by atoms with Crippen LogP contribution in [0.25, 0.3) is 6.08 Å². The van der Waals surface area contributed by atoms with Crippen LogP contribution in [0.5, 0.6) is 17.2 Å². The van der Waals surface area contributed by atoms with Crippen molar-refractivity contribution in [2.45, 2.75) is 23.5 Å². The number of methoxy groups -OCH3 is 3. The fraction of sp³-hybridized carbons (Fsp3) is 0.146. The first-order valence-corrected chi connectivity index (χ1v) is 17.1. The number of para-hydroxylation sites is 2. The first-order valence-electron chi connectivity index (χ1n) is 16.2. The van der Waals surface area contributed by atoms with Crippen molar-refractivity contribution in [3.8, 4) is 17.2 Å². The number of anilines is 3. The number of hydrogen-bond donors (Lipinski definition) is 2. The number of ether oxygens (including phenoxy) is 3. The molecule has 0 saturated heterocycles. The Labute approximate surface area is 302 Å². The van der Waals surface area contributed by atoms with Gasteiger partial charge in [-0.05, 0) is 90.9 Å². The Bertz CT molecular complexity index is 1910. The average molecular weight is 702 g/mol. The first-order chi connectivity index (χ1) is 24.8. The highest BCUT2D eigenvalue weighted by atomic mass is 32.2. The molecule has 0 radical (unpaired) electrons. The van der Waals surface area contributed by atoms with E-state index in [0.717, 1.165) is 16.3 Å². The van der Waals surface area contributed by atoms with Gasteiger partial charge < -0.3 is 24.8 Å². The second kappa shape index (κ2) is 17.6. The second-order valence-corrected chi connectivity index (χ2v) is 12.5. The maximum atomic E-state index is 14.0. The summed E-state index contributed by atoms with van der Waals surface area (Å²) in [7, 11) is 4.50. The lowest BCUT2D eigenvalue weighted by Crippen LogP contribution is -2.34. The lowest BCUT2D eigenvalue weighted by atomic mass is 10.1. The molecule has 51 heavy (non-hydrogen) atoms. The van der Waals surface area contributed by atoms with Crippen LogP contribution in [0.4, 0.5) is 17.1 Å². The molecule has 0 bridgehead atoms. The quantitative estimate of drug-likeness (QED) is 0.0886. The summed E-state index contributed by atoms with van der Waals surface area (Å²) in [4.78, 5) is 43.5. The lowest BCUT2D eigenvalue weighted by molar-refractivity contribution is -0.117. The van der Waals surface area contributed by atoms with E-state index in [1.54, 1.807) is 59.5 Å². The molecular weight excluding hydrogens is 663 g/mol. The van der Waals surface area contributed by atoms with Crippen LogP contribution in [0.1, 0.15) is 29.3 Å². The number of benzene rings is 5. The minimum Gasteiger partial charge on any atom is -0.493 e. The normalized spacial score (nSPS) is 11.6. The van der Waals surface area contributed by atoms with Gasteiger partial charge in [0.25, 0.3) is 11.8 Å². The van der Waals surface area contributed by atoms with Crippen LogP contribution >= 0.6 is 11.8 Å². The molecule has 9 nitrogen and oxygen atoms in total. The Morgan fingerprint density at radius 3 is 1.75 bits per heavy atom. The molecule has 5 rings (SSSR count). The molecule has 0 aliphatic carbocycles. The van der Waals surface area contributed by atoms with Crippen LogP contribution < -0.4 is 29.7 Å². The topological polar surface area (TPSA) is 106 Å². The van der Waals surface area contributed by atoms with Gasteiger partial charge in [-0.1, -0.05) is 61.5 Å². The van der Waals surface area contributed by atoms with Crippen molar-refractivity contribution in [2.75, 3.05) is 31.5 Å². The summed E-state index contributed by atoms with van der Waals surface area (Å²) in [6.07, 6.45) is 2.14.